The average molecular weight is 449 g/mol. The first kappa shape index (κ1) is 19.9. The lowest BCUT2D eigenvalue weighted by molar-refractivity contribution is -0.702. The number of ether oxygens (including phenoxy) is 2. The number of halogens is 1. The van der Waals surface area contributed by atoms with E-state index in [0.29, 0.717) is 42.1 Å². The number of imidazole rings is 1. The van der Waals surface area contributed by atoms with Crippen LogP contribution in [0.4, 0.5) is 10.2 Å². The first-order valence-corrected chi connectivity index (χ1v) is 11.5. The lowest BCUT2D eigenvalue weighted by Crippen LogP contribution is -2.45. The van der Waals surface area contributed by atoms with Gasteiger partial charge in [-0.3, -0.25) is 0 Å². The predicted octanol–water partition coefficient (Wildman–Crippen LogP) is 0.676. The summed E-state index contributed by atoms with van der Waals surface area (Å²) in [6, 6.07) is 3.80. The van der Waals surface area contributed by atoms with E-state index in [1.54, 1.807) is 0 Å². The Morgan fingerprint density at radius 2 is 2.03 bits per heavy atom. The number of aryl methyl sites for hydroxylation is 1. The third kappa shape index (κ3) is 3.76. The molecule has 3 aromatic rings. The first-order chi connectivity index (χ1) is 14.8. The minimum absolute atomic E-state index is 0.0107. The number of nitrogen functional groups attached to an aromatic ring is 1. The Morgan fingerprint density at radius 1 is 1.29 bits per heavy atom. The molecule has 1 aliphatic carbocycles. The number of nitrogens with zero attached hydrogens (tertiary/aromatic N) is 3. The van der Waals surface area contributed by atoms with E-state index in [2.05, 4.69) is 19.7 Å². The van der Waals surface area contributed by atoms with Gasteiger partial charge in [0, 0.05) is 13.0 Å². The van der Waals surface area contributed by atoms with E-state index >= 15 is 0 Å². The van der Waals surface area contributed by atoms with Crippen molar-refractivity contribution >= 4 is 27.0 Å². The number of aromatic amines is 1. The van der Waals surface area contributed by atoms with Crippen molar-refractivity contribution in [3.63, 3.8) is 0 Å². The van der Waals surface area contributed by atoms with Gasteiger partial charge in [-0.2, -0.15) is 4.57 Å². The summed E-state index contributed by atoms with van der Waals surface area (Å²) in [5.41, 5.74) is 8.56. The van der Waals surface area contributed by atoms with Gasteiger partial charge < -0.3 is 20.2 Å². The number of benzene rings is 1. The van der Waals surface area contributed by atoms with E-state index in [9.17, 15) is 12.8 Å². The molecule has 0 radical (unpaired) electrons. The number of anilines is 1. The minimum Gasteiger partial charge on any atom is -0.454 e. The zero-order valence-corrected chi connectivity index (χ0v) is 17.6. The summed E-state index contributed by atoms with van der Waals surface area (Å²) >= 11 is 0. The quantitative estimate of drug-likeness (QED) is 0.356. The average Bonchev–Trinajstić information content (AvgIpc) is 3.36. The summed E-state index contributed by atoms with van der Waals surface area (Å²) in [5.74, 6) is 1.93. The fourth-order valence-corrected chi connectivity index (χ4v) is 4.99. The second-order valence-corrected chi connectivity index (χ2v) is 9.79. The normalized spacial score (nSPS) is 15.7. The van der Waals surface area contributed by atoms with Crippen molar-refractivity contribution in [2.24, 2.45) is 0 Å². The molecule has 0 amide bonds. The predicted molar refractivity (Wildman–Crippen MR) is 109 cm³/mol. The number of hydrogen-bond acceptors (Lipinski definition) is 7. The Balaban J connectivity index is 1.42. The van der Waals surface area contributed by atoms with Gasteiger partial charge in [0.2, 0.25) is 22.6 Å². The van der Waals surface area contributed by atoms with Crippen molar-refractivity contribution in [3.8, 4) is 11.5 Å². The van der Waals surface area contributed by atoms with Gasteiger partial charge in [0.25, 0.3) is 5.65 Å². The molecule has 0 bridgehead atoms. The van der Waals surface area contributed by atoms with Crippen LogP contribution in [0.3, 0.4) is 0 Å². The Kier molecular flexibility index (Phi) is 4.70. The highest BCUT2D eigenvalue weighted by Crippen LogP contribution is 2.35. The molecule has 1 aromatic carbocycles. The van der Waals surface area contributed by atoms with Crippen LogP contribution in [0.2, 0.25) is 0 Å². The molecule has 31 heavy (non-hydrogen) atoms. The van der Waals surface area contributed by atoms with E-state index in [0.717, 1.165) is 11.1 Å². The Labute approximate surface area is 177 Å². The van der Waals surface area contributed by atoms with Crippen LogP contribution < -0.4 is 24.5 Å². The van der Waals surface area contributed by atoms with Crippen molar-refractivity contribution in [2.45, 2.75) is 38.0 Å². The van der Waals surface area contributed by atoms with Crippen LogP contribution in [0, 0.1) is 13.0 Å². The molecule has 0 saturated heterocycles. The Morgan fingerprint density at radius 3 is 2.77 bits per heavy atom. The highest BCUT2D eigenvalue weighted by Gasteiger charge is 2.35. The smallest absolute Gasteiger partial charge is 0.425 e. The number of hydrogen-bond donors (Lipinski definition) is 3. The van der Waals surface area contributed by atoms with Gasteiger partial charge in [0.15, 0.2) is 22.8 Å². The maximum absolute atomic E-state index is 14.5. The number of sulfonamides is 1. The van der Waals surface area contributed by atoms with Crippen LogP contribution in [0.15, 0.2) is 12.1 Å². The Hall–Kier alpha value is -2.99. The number of aromatic nitrogens is 4. The molecule has 0 spiro atoms. The molecule has 164 valence electrons. The van der Waals surface area contributed by atoms with Crippen molar-refractivity contribution < 1.29 is 26.8 Å². The molecule has 1 saturated carbocycles. The third-order valence-electron chi connectivity index (χ3n) is 5.47. The van der Waals surface area contributed by atoms with Crippen LogP contribution >= 0.6 is 0 Å². The van der Waals surface area contributed by atoms with Crippen molar-refractivity contribution in [1.82, 2.24) is 19.7 Å². The highest BCUT2D eigenvalue weighted by molar-refractivity contribution is 7.90. The molecule has 5 rings (SSSR count). The molecule has 2 aliphatic rings. The van der Waals surface area contributed by atoms with Gasteiger partial charge in [0.1, 0.15) is 0 Å². The monoisotopic (exact) mass is 449 g/mol. The number of rotatable bonds is 7. The van der Waals surface area contributed by atoms with Crippen LogP contribution in [-0.2, 0) is 23.0 Å². The molecule has 0 atom stereocenters. The van der Waals surface area contributed by atoms with Gasteiger partial charge >= 0.3 is 6.08 Å². The molecular formula is C19H22FN6O4S+. The van der Waals surface area contributed by atoms with Gasteiger partial charge in [0.05, 0.1) is 11.8 Å². The first-order valence-electron chi connectivity index (χ1n) is 9.93. The highest BCUT2D eigenvalue weighted by atomic mass is 32.2. The maximum atomic E-state index is 14.5. The van der Waals surface area contributed by atoms with E-state index in [1.165, 1.54) is 4.57 Å². The minimum atomic E-state index is -3.36. The van der Waals surface area contributed by atoms with E-state index in [1.807, 2.05) is 19.1 Å². The topological polar surface area (TPSA) is 136 Å². The fraction of sp³-hybridized carbons (Fsp3) is 0.421. The van der Waals surface area contributed by atoms with Crippen molar-refractivity contribution in [1.29, 1.82) is 0 Å². The van der Waals surface area contributed by atoms with Crippen LogP contribution in [0.5, 0.6) is 11.5 Å². The fourth-order valence-electron chi connectivity index (χ4n) is 3.62. The SMILES string of the molecule is Cc1cc2c(cc1Cc1nc3c([nH]1)c(N)nc(F)[n+]3CCNS(=O)(=O)C1CC1)OCO2. The molecule has 2 aromatic heterocycles. The second kappa shape index (κ2) is 7.31. The van der Waals surface area contributed by atoms with E-state index in [4.69, 9.17) is 15.2 Å². The standard InChI is InChI=1S/C19H21FN6O4S/c1-10-6-13-14(30-9-29-13)7-11(10)8-15-23-16-17(21)25-19(20)26(18(16)24-15)5-4-22-31(27,28)12-2-3-12/h6-7,12,22H,2-5,8-9H2,1H3,(H2,21,23,24)/p+1. The largest absolute Gasteiger partial charge is 0.454 e. The van der Waals surface area contributed by atoms with Gasteiger partial charge in [-0.1, -0.05) is 9.97 Å². The number of nitrogens with two attached hydrogens (primary N) is 1. The van der Waals surface area contributed by atoms with E-state index in [-0.39, 0.29) is 36.6 Å². The molecular weight excluding hydrogens is 427 g/mol. The number of nitrogens with one attached hydrogen (secondary N) is 2. The summed E-state index contributed by atoms with van der Waals surface area (Å²) in [7, 11) is -3.36. The van der Waals surface area contributed by atoms with Crippen LogP contribution in [0.25, 0.3) is 11.2 Å². The maximum Gasteiger partial charge on any atom is 0.425 e. The summed E-state index contributed by atoms with van der Waals surface area (Å²) in [5, 5.41) is -0.339. The second-order valence-electron chi connectivity index (χ2n) is 7.75. The molecule has 4 N–H and O–H groups in total. The molecule has 1 fully saturated rings. The molecule has 0 unspecified atom stereocenters. The summed E-state index contributed by atoms with van der Waals surface area (Å²) in [6.07, 6.45) is 0.930. The summed E-state index contributed by atoms with van der Waals surface area (Å²) < 4.78 is 53.1. The van der Waals surface area contributed by atoms with Crippen LogP contribution in [-0.4, -0.2) is 42.0 Å². The lowest BCUT2D eigenvalue weighted by atomic mass is 10.0. The van der Waals surface area contributed by atoms with Gasteiger partial charge in [-0.05, 0) is 43.0 Å². The lowest BCUT2D eigenvalue weighted by Gasteiger charge is -2.05. The van der Waals surface area contributed by atoms with Crippen LogP contribution in [0.1, 0.15) is 29.8 Å². The number of H-pyrrole nitrogens is 1. The van der Waals surface area contributed by atoms with Gasteiger partial charge in [-0.25, -0.2) is 13.1 Å². The number of fused-ring (bicyclic) bond motifs is 2. The van der Waals surface area contributed by atoms with Crippen molar-refractivity contribution in [2.75, 3.05) is 19.1 Å². The summed E-state index contributed by atoms with van der Waals surface area (Å²) in [6.45, 7) is 2.22. The zero-order valence-electron chi connectivity index (χ0n) is 16.8. The molecule has 1 aliphatic heterocycles. The molecule has 3 heterocycles. The zero-order chi connectivity index (χ0) is 21.8. The summed E-state index contributed by atoms with van der Waals surface area (Å²) in [4.78, 5) is 11.4. The molecule has 10 nitrogen and oxygen atoms in total. The molecule has 12 heteroatoms. The van der Waals surface area contributed by atoms with Gasteiger partial charge in [-0.15, -0.1) is 4.39 Å². The van der Waals surface area contributed by atoms with Crippen molar-refractivity contribution in [3.05, 3.63) is 35.2 Å². The Bertz CT molecular complexity index is 1290. The third-order valence-corrected chi connectivity index (χ3v) is 7.43. The van der Waals surface area contributed by atoms with E-state index < -0.39 is 16.1 Å².